The second-order valence-corrected chi connectivity index (χ2v) is 6.58. The normalized spacial score (nSPS) is 14.9. The molecular formula is C18H18N6O4. The summed E-state index contributed by atoms with van der Waals surface area (Å²) < 4.78 is 5.28. The third-order valence-electron chi connectivity index (χ3n) is 4.70. The fourth-order valence-electron chi connectivity index (χ4n) is 3.26. The number of nitrogens with zero attached hydrogens (tertiary/aromatic N) is 6. The Kier molecular flexibility index (Phi) is 4.83. The molecule has 0 radical (unpaired) electrons. The number of benzene rings is 1. The number of carboxylic acids is 1. The first-order valence-electron chi connectivity index (χ1n) is 8.91. The van der Waals surface area contributed by atoms with Crippen molar-refractivity contribution in [1.82, 2.24) is 25.4 Å². The molecule has 1 aliphatic rings. The van der Waals surface area contributed by atoms with Crippen LogP contribution in [-0.4, -0.2) is 55.3 Å². The number of aliphatic carboxylic acids is 1. The van der Waals surface area contributed by atoms with E-state index < -0.39 is 5.97 Å². The van der Waals surface area contributed by atoms with Crippen molar-refractivity contribution in [3.05, 3.63) is 42.0 Å². The lowest BCUT2D eigenvalue weighted by atomic mass is 9.89. The fourth-order valence-corrected chi connectivity index (χ4v) is 3.26. The first-order chi connectivity index (χ1) is 13.6. The Morgan fingerprint density at radius 3 is 2.64 bits per heavy atom. The van der Waals surface area contributed by atoms with E-state index in [0.29, 0.717) is 24.7 Å². The van der Waals surface area contributed by atoms with E-state index in [1.165, 1.54) is 0 Å². The Labute approximate surface area is 159 Å². The van der Waals surface area contributed by atoms with Crippen LogP contribution in [0.1, 0.15) is 23.2 Å². The molecule has 0 amide bonds. The Bertz CT molecular complexity index is 975. The van der Waals surface area contributed by atoms with E-state index in [4.69, 9.17) is 9.63 Å². The standard InChI is InChI=1S/C18H18N6O4/c25-16(26)11-24-20-18(19-22-24)14-10-15(21-28-14)23-8-6-13(7-9-23)17(27)12-4-2-1-3-5-12/h1-5,10,13H,6-9,11H2,(H,25,26). The molecule has 0 atom stereocenters. The minimum absolute atomic E-state index is 0.00241. The largest absolute Gasteiger partial charge is 0.480 e. The van der Waals surface area contributed by atoms with Crippen LogP contribution >= 0.6 is 0 Å². The molecule has 2 aromatic heterocycles. The number of carbonyl (C=O) groups is 2. The maximum absolute atomic E-state index is 12.6. The van der Waals surface area contributed by atoms with E-state index in [1.807, 2.05) is 35.2 Å². The van der Waals surface area contributed by atoms with Crippen LogP contribution in [0.4, 0.5) is 5.82 Å². The van der Waals surface area contributed by atoms with E-state index in [-0.39, 0.29) is 24.1 Å². The summed E-state index contributed by atoms with van der Waals surface area (Å²) in [6.07, 6.45) is 1.48. The van der Waals surface area contributed by atoms with Crippen molar-refractivity contribution < 1.29 is 19.2 Å². The molecule has 3 heterocycles. The van der Waals surface area contributed by atoms with Gasteiger partial charge in [-0.2, -0.15) is 4.80 Å². The Balaban J connectivity index is 1.38. The zero-order valence-corrected chi connectivity index (χ0v) is 14.9. The number of rotatable bonds is 6. The summed E-state index contributed by atoms with van der Waals surface area (Å²) in [4.78, 5) is 26.3. The lowest BCUT2D eigenvalue weighted by molar-refractivity contribution is -0.138. The molecule has 1 aliphatic heterocycles. The first kappa shape index (κ1) is 17.8. The maximum Gasteiger partial charge on any atom is 0.327 e. The summed E-state index contributed by atoms with van der Waals surface area (Å²) in [5.74, 6) is 0.247. The zero-order chi connectivity index (χ0) is 19.5. The Morgan fingerprint density at radius 2 is 1.93 bits per heavy atom. The van der Waals surface area contributed by atoms with Gasteiger partial charge in [-0.25, -0.2) is 0 Å². The molecule has 4 rings (SSSR count). The van der Waals surface area contributed by atoms with Crippen LogP contribution in [0.3, 0.4) is 0 Å². The van der Waals surface area contributed by atoms with Crippen LogP contribution in [-0.2, 0) is 11.3 Å². The molecule has 144 valence electrons. The number of ketones is 1. The van der Waals surface area contributed by atoms with Crippen LogP contribution < -0.4 is 4.90 Å². The molecule has 1 saturated heterocycles. The third-order valence-corrected chi connectivity index (χ3v) is 4.70. The van der Waals surface area contributed by atoms with Gasteiger partial charge in [0, 0.05) is 30.6 Å². The molecule has 10 nitrogen and oxygen atoms in total. The number of anilines is 1. The molecule has 1 aromatic carbocycles. The van der Waals surface area contributed by atoms with Crippen molar-refractivity contribution in [3.63, 3.8) is 0 Å². The van der Waals surface area contributed by atoms with Crippen molar-refractivity contribution in [1.29, 1.82) is 0 Å². The number of carboxylic acid groups (broad SMARTS) is 1. The van der Waals surface area contributed by atoms with Gasteiger partial charge in [0.05, 0.1) is 0 Å². The molecule has 3 aromatic rings. The minimum atomic E-state index is -1.06. The molecule has 0 unspecified atom stereocenters. The van der Waals surface area contributed by atoms with E-state index in [1.54, 1.807) is 6.07 Å². The smallest absolute Gasteiger partial charge is 0.327 e. The second kappa shape index (κ2) is 7.59. The highest BCUT2D eigenvalue weighted by Crippen LogP contribution is 2.27. The van der Waals surface area contributed by atoms with Gasteiger partial charge in [-0.3, -0.25) is 9.59 Å². The van der Waals surface area contributed by atoms with Crippen molar-refractivity contribution in [3.8, 4) is 11.6 Å². The number of carbonyl (C=O) groups excluding carboxylic acids is 1. The van der Waals surface area contributed by atoms with E-state index >= 15 is 0 Å². The van der Waals surface area contributed by atoms with Gasteiger partial charge < -0.3 is 14.5 Å². The van der Waals surface area contributed by atoms with Crippen LogP contribution in [0.5, 0.6) is 0 Å². The number of aromatic nitrogens is 5. The van der Waals surface area contributed by atoms with E-state index in [2.05, 4.69) is 20.6 Å². The summed E-state index contributed by atoms with van der Waals surface area (Å²) in [6.45, 7) is 1.000. The van der Waals surface area contributed by atoms with Gasteiger partial charge in [-0.05, 0) is 18.1 Å². The summed E-state index contributed by atoms with van der Waals surface area (Å²) in [5, 5.41) is 24.2. The number of hydrogen-bond donors (Lipinski definition) is 1. The van der Waals surface area contributed by atoms with Crippen molar-refractivity contribution in [2.24, 2.45) is 5.92 Å². The number of Topliss-reactive ketones (excluding diaryl/α,β-unsaturated/α-hetero) is 1. The SMILES string of the molecule is O=C(O)Cn1nnc(-c2cc(N3CCC(C(=O)c4ccccc4)CC3)no2)n1. The van der Waals surface area contributed by atoms with Crippen molar-refractivity contribution in [2.45, 2.75) is 19.4 Å². The molecule has 10 heteroatoms. The van der Waals surface area contributed by atoms with Crippen molar-refractivity contribution in [2.75, 3.05) is 18.0 Å². The van der Waals surface area contributed by atoms with Gasteiger partial charge in [-0.1, -0.05) is 35.5 Å². The van der Waals surface area contributed by atoms with Crippen molar-refractivity contribution >= 4 is 17.6 Å². The van der Waals surface area contributed by atoms with Gasteiger partial charge in [0.2, 0.25) is 11.6 Å². The molecular weight excluding hydrogens is 364 g/mol. The van der Waals surface area contributed by atoms with Crippen LogP contribution in [0.15, 0.2) is 40.9 Å². The number of hydrogen-bond acceptors (Lipinski definition) is 8. The summed E-state index contributed by atoms with van der Waals surface area (Å²) >= 11 is 0. The molecule has 0 saturated carbocycles. The number of tetrazole rings is 1. The van der Waals surface area contributed by atoms with Gasteiger partial charge >= 0.3 is 5.97 Å². The second-order valence-electron chi connectivity index (χ2n) is 6.58. The average molecular weight is 382 g/mol. The number of piperidine rings is 1. The average Bonchev–Trinajstić information content (AvgIpc) is 3.37. The Hall–Kier alpha value is -3.56. The fraction of sp³-hybridized carbons (Fsp3) is 0.333. The predicted molar refractivity (Wildman–Crippen MR) is 96.7 cm³/mol. The topological polar surface area (TPSA) is 127 Å². The van der Waals surface area contributed by atoms with Crippen LogP contribution in [0.25, 0.3) is 11.6 Å². The van der Waals surface area contributed by atoms with Crippen LogP contribution in [0, 0.1) is 5.92 Å². The maximum atomic E-state index is 12.6. The van der Waals surface area contributed by atoms with Gasteiger partial charge in [0.1, 0.15) is 0 Å². The molecule has 0 bridgehead atoms. The first-order valence-corrected chi connectivity index (χ1v) is 8.91. The van der Waals surface area contributed by atoms with Crippen LogP contribution in [0.2, 0.25) is 0 Å². The minimum Gasteiger partial charge on any atom is -0.480 e. The lowest BCUT2D eigenvalue weighted by Gasteiger charge is -2.30. The monoisotopic (exact) mass is 382 g/mol. The molecule has 0 spiro atoms. The molecule has 1 fully saturated rings. The zero-order valence-electron chi connectivity index (χ0n) is 14.9. The highest BCUT2D eigenvalue weighted by Gasteiger charge is 2.27. The lowest BCUT2D eigenvalue weighted by Crippen LogP contribution is -2.36. The summed E-state index contributed by atoms with van der Waals surface area (Å²) in [6, 6.07) is 11.0. The molecule has 28 heavy (non-hydrogen) atoms. The van der Waals surface area contributed by atoms with Gasteiger partial charge in [0.25, 0.3) is 0 Å². The predicted octanol–water partition coefficient (Wildman–Crippen LogP) is 1.51. The van der Waals surface area contributed by atoms with Gasteiger partial charge in [-0.15, -0.1) is 10.2 Å². The quantitative estimate of drug-likeness (QED) is 0.631. The molecule has 0 aliphatic carbocycles. The third kappa shape index (κ3) is 3.75. The van der Waals surface area contributed by atoms with E-state index in [0.717, 1.165) is 23.2 Å². The summed E-state index contributed by atoms with van der Waals surface area (Å²) in [5.41, 5.74) is 0.750. The van der Waals surface area contributed by atoms with Gasteiger partial charge in [0.15, 0.2) is 18.1 Å². The molecule has 1 N–H and O–H groups in total. The highest BCUT2D eigenvalue weighted by molar-refractivity contribution is 5.97. The summed E-state index contributed by atoms with van der Waals surface area (Å²) in [7, 11) is 0. The highest BCUT2D eigenvalue weighted by atomic mass is 16.5. The Morgan fingerprint density at radius 1 is 1.18 bits per heavy atom. The van der Waals surface area contributed by atoms with E-state index in [9.17, 15) is 9.59 Å².